The molecular weight excluding hydrogens is 307 g/mol. The van der Waals surface area contributed by atoms with Crippen LogP contribution in [0.5, 0.6) is 11.5 Å². The van der Waals surface area contributed by atoms with E-state index in [1.54, 1.807) is 0 Å². The van der Waals surface area contributed by atoms with Gasteiger partial charge in [0.15, 0.2) is 0 Å². The maximum atomic E-state index is 11.0. The first-order valence-electron chi connectivity index (χ1n) is 5.35. The van der Waals surface area contributed by atoms with Gasteiger partial charge in [-0.3, -0.25) is 4.55 Å². The second-order valence-electron chi connectivity index (χ2n) is 3.82. The minimum atomic E-state index is -4.31. The van der Waals surface area contributed by atoms with Crippen molar-refractivity contribution in [2.75, 3.05) is 0 Å². The molecule has 2 aromatic carbocycles. The summed E-state index contributed by atoms with van der Waals surface area (Å²) < 4.78 is 30.8. The predicted molar refractivity (Wildman–Crippen MR) is 68.0 cm³/mol. The summed E-state index contributed by atoms with van der Waals surface area (Å²) in [5.74, 6) is -0.693. The van der Waals surface area contributed by atoms with Crippen LogP contribution in [-0.4, -0.2) is 18.1 Å². The Morgan fingerprint density at radius 3 is 2.38 bits per heavy atom. The molecule has 0 unspecified atom stereocenters. The second-order valence-corrected chi connectivity index (χ2v) is 5.24. The summed E-state index contributed by atoms with van der Waals surface area (Å²) in [7, 11) is -4.31. The fourth-order valence-corrected chi connectivity index (χ4v) is 1.93. The van der Waals surface area contributed by atoms with Gasteiger partial charge in [-0.05, 0) is 30.3 Å². The molecule has 0 saturated carbocycles. The van der Waals surface area contributed by atoms with Gasteiger partial charge < -0.3 is 10.2 Å². The molecule has 9 heteroatoms. The van der Waals surface area contributed by atoms with E-state index >= 15 is 0 Å². The summed E-state index contributed by atoms with van der Waals surface area (Å²) in [6.07, 6.45) is 0. The molecular formula is C12H9N2NaO5S. The monoisotopic (exact) mass is 316 g/mol. The number of aromatic hydroxyl groups is 1. The van der Waals surface area contributed by atoms with Gasteiger partial charge in [-0.2, -0.15) is 13.5 Å². The Balaban J connectivity index is 0.00000220. The van der Waals surface area contributed by atoms with Crippen molar-refractivity contribution >= 4 is 21.5 Å². The zero-order chi connectivity index (χ0) is 14.8. The average molecular weight is 316 g/mol. The van der Waals surface area contributed by atoms with Gasteiger partial charge in [0.05, 0.1) is 10.6 Å². The first-order valence-corrected chi connectivity index (χ1v) is 6.79. The number of phenolic OH excluding ortho intramolecular Hbond substituents is 1. The van der Waals surface area contributed by atoms with E-state index in [-0.39, 0.29) is 57.3 Å². The molecule has 0 bridgehead atoms. The first kappa shape index (κ1) is 17.6. The fourth-order valence-electron chi connectivity index (χ4n) is 1.41. The largest absolute Gasteiger partial charge is 1.00 e. The summed E-state index contributed by atoms with van der Waals surface area (Å²) >= 11 is 0. The van der Waals surface area contributed by atoms with E-state index in [2.05, 4.69) is 10.2 Å². The molecule has 0 aliphatic carbocycles. The Labute approximate surface area is 143 Å². The molecule has 2 rings (SSSR count). The molecule has 21 heavy (non-hydrogen) atoms. The summed E-state index contributed by atoms with van der Waals surface area (Å²) in [4.78, 5) is -0.312. The molecule has 0 amide bonds. The standard InChI is InChI=1S/C12H10N2O5S.Na/c15-9-4-5-11(12(16)7-9)14-13-8-2-1-3-10(6-8)20(17,18)19;/h1-7,15-16H,(H,17,18,19);/q;+1/p-1. The average Bonchev–Trinajstić information content (AvgIpc) is 2.37. The zero-order valence-corrected chi connectivity index (χ0v) is 13.8. The van der Waals surface area contributed by atoms with Gasteiger partial charge in [0.1, 0.15) is 11.4 Å². The Morgan fingerprint density at radius 2 is 1.76 bits per heavy atom. The molecule has 104 valence electrons. The number of hydrogen-bond donors (Lipinski definition) is 2. The minimum absolute atomic E-state index is 0. The van der Waals surface area contributed by atoms with Crippen LogP contribution in [0.1, 0.15) is 0 Å². The van der Waals surface area contributed by atoms with Crippen LogP contribution < -0.4 is 34.7 Å². The van der Waals surface area contributed by atoms with E-state index < -0.39 is 10.1 Å². The number of benzene rings is 2. The molecule has 0 radical (unpaired) electrons. The van der Waals surface area contributed by atoms with E-state index in [0.717, 1.165) is 12.1 Å². The molecule has 0 fully saturated rings. The van der Waals surface area contributed by atoms with Crippen LogP contribution in [-0.2, 0) is 10.1 Å². The maximum Gasteiger partial charge on any atom is 1.00 e. The van der Waals surface area contributed by atoms with Crippen LogP contribution in [0.25, 0.3) is 0 Å². The molecule has 0 saturated heterocycles. The molecule has 7 nitrogen and oxygen atoms in total. The summed E-state index contributed by atoms with van der Waals surface area (Å²) in [5, 5.41) is 27.8. The molecule has 0 heterocycles. The van der Waals surface area contributed by atoms with Gasteiger partial charge >= 0.3 is 29.6 Å². The maximum absolute atomic E-state index is 11.0. The van der Waals surface area contributed by atoms with Crippen molar-refractivity contribution in [3.63, 3.8) is 0 Å². The van der Waals surface area contributed by atoms with Crippen LogP contribution in [0.2, 0.25) is 0 Å². The van der Waals surface area contributed by atoms with Crippen molar-refractivity contribution < 1.29 is 52.7 Å². The van der Waals surface area contributed by atoms with Crippen molar-refractivity contribution in [2.45, 2.75) is 4.90 Å². The third-order valence-electron chi connectivity index (χ3n) is 2.34. The van der Waals surface area contributed by atoms with Crippen molar-refractivity contribution in [2.24, 2.45) is 10.2 Å². The summed E-state index contributed by atoms with van der Waals surface area (Å²) in [6, 6.07) is 8.67. The van der Waals surface area contributed by atoms with Gasteiger partial charge in [-0.15, -0.1) is 10.9 Å². The van der Waals surface area contributed by atoms with Crippen LogP contribution in [0.3, 0.4) is 0 Å². The number of azo groups is 1. The smallest absolute Gasteiger partial charge is 0.872 e. The van der Waals surface area contributed by atoms with Gasteiger partial charge in [0, 0.05) is 0 Å². The van der Waals surface area contributed by atoms with E-state index in [9.17, 15) is 18.6 Å². The van der Waals surface area contributed by atoms with Gasteiger partial charge in [-0.1, -0.05) is 12.1 Å². The van der Waals surface area contributed by atoms with E-state index in [0.29, 0.717) is 0 Å². The van der Waals surface area contributed by atoms with E-state index in [1.807, 2.05) is 0 Å². The van der Waals surface area contributed by atoms with Crippen molar-refractivity contribution in [1.82, 2.24) is 0 Å². The molecule has 0 aromatic heterocycles. The zero-order valence-electron chi connectivity index (χ0n) is 11.0. The van der Waals surface area contributed by atoms with E-state index in [4.69, 9.17) is 4.55 Å². The molecule has 0 aliphatic rings. The number of nitrogens with zero attached hydrogens (tertiary/aromatic N) is 2. The Kier molecular flexibility index (Phi) is 5.87. The third kappa shape index (κ3) is 4.80. The third-order valence-corrected chi connectivity index (χ3v) is 3.19. The topological polar surface area (TPSA) is 122 Å². The Bertz CT molecular complexity index is 777. The first-order chi connectivity index (χ1) is 9.36. The van der Waals surface area contributed by atoms with Gasteiger partial charge in [0.2, 0.25) is 0 Å². The van der Waals surface area contributed by atoms with Gasteiger partial charge in [0.25, 0.3) is 10.1 Å². The van der Waals surface area contributed by atoms with Crippen LogP contribution in [0.4, 0.5) is 11.4 Å². The summed E-state index contributed by atoms with van der Waals surface area (Å²) in [5.41, 5.74) is 0.243. The molecule has 0 aliphatic heterocycles. The normalized spacial score (nSPS) is 11.3. The predicted octanol–water partition coefficient (Wildman–Crippen LogP) is -0.868. The SMILES string of the molecule is O=S(=O)(O)c1cccc(N=Nc2ccc([O-])cc2O)c1.[Na+]. The number of phenols is 1. The van der Waals surface area contributed by atoms with Gasteiger partial charge in [-0.25, -0.2) is 0 Å². The molecule has 2 aromatic rings. The number of hydrogen-bond acceptors (Lipinski definition) is 6. The number of rotatable bonds is 3. The summed E-state index contributed by atoms with van der Waals surface area (Å²) in [6.45, 7) is 0. The van der Waals surface area contributed by atoms with Crippen molar-refractivity contribution in [3.05, 3.63) is 42.5 Å². The molecule has 2 N–H and O–H groups in total. The van der Waals surface area contributed by atoms with E-state index in [1.165, 1.54) is 30.3 Å². The van der Waals surface area contributed by atoms with Crippen LogP contribution in [0, 0.1) is 0 Å². The second kappa shape index (κ2) is 7.01. The van der Waals surface area contributed by atoms with Crippen molar-refractivity contribution in [1.29, 1.82) is 0 Å². The Hall–Kier alpha value is -1.45. The fraction of sp³-hybridized carbons (Fsp3) is 0. The van der Waals surface area contributed by atoms with Crippen molar-refractivity contribution in [3.8, 4) is 11.5 Å². The van der Waals surface area contributed by atoms with Crippen LogP contribution in [0.15, 0.2) is 57.6 Å². The quantitative estimate of drug-likeness (QED) is 0.433. The minimum Gasteiger partial charge on any atom is -0.872 e. The Morgan fingerprint density at radius 1 is 1.05 bits per heavy atom. The van der Waals surface area contributed by atoms with Crippen LogP contribution >= 0.6 is 0 Å². The molecule has 0 atom stereocenters. The molecule has 0 spiro atoms.